The summed E-state index contributed by atoms with van der Waals surface area (Å²) < 4.78 is 7.07. The molecule has 1 amide bonds. The normalized spacial score (nSPS) is 17.6. The molecule has 1 atom stereocenters. The van der Waals surface area contributed by atoms with Crippen LogP contribution in [0, 0.1) is 5.92 Å². The fraction of sp³-hybridized carbons (Fsp3) is 0.333. The molecule has 0 spiro atoms. The maximum Gasteiger partial charge on any atom is 0.313 e. The Morgan fingerprint density at radius 1 is 1.00 bits per heavy atom. The Kier molecular flexibility index (Phi) is 5.55. The molecule has 5 rings (SSSR count). The van der Waals surface area contributed by atoms with Crippen molar-refractivity contribution < 1.29 is 14.3 Å². The van der Waals surface area contributed by atoms with Crippen molar-refractivity contribution in [2.24, 2.45) is 5.92 Å². The molecule has 2 aliphatic rings. The van der Waals surface area contributed by atoms with Crippen molar-refractivity contribution in [1.82, 2.24) is 14.7 Å². The summed E-state index contributed by atoms with van der Waals surface area (Å²) in [7, 11) is 1.71. The molecule has 174 valence electrons. The molecule has 0 N–H and O–H groups in total. The predicted octanol–water partition coefficient (Wildman–Crippen LogP) is 3.36. The van der Waals surface area contributed by atoms with Gasteiger partial charge in [-0.05, 0) is 35.1 Å². The number of amides is 1. The first-order chi connectivity index (χ1) is 16.4. The lowest BCUT2D eigenvalue weighted by atomic mass is 9.81. The van der Waals surface area contributed by atoms with Crippen LogP contribution in [0.25, 0.3) is 0 Å². The quantitative estimate of drug-likeness (QED) is 0.564. The summed E-state index contributed by atoms with van der Waals surface area (Å²) in [6.45, 7) is 3.78. The first-order valence-corrected chi connectivity index (χ1v) is 11.6. The minimum absolute atomic E-state index is 0.0273. The van der Waals surface area contributed by atoms with Gasteiger partial charge in [0.15, 0.2) is 5.69 Å². The van der Waals surface area contributed by atoms with Crippen LogP contribution in [-0.4, -0.2) is 40.1 Å². The molecule has 2 heterocycles. The first kappa shape index (κ1) is 22.1. The topological polar surface area (TPSA) is 81.5 Å². The number of hydrogen-bond acceptors (Lipinski definition) is 5. The molecule has 3 aromatic rings. The van der Waals surface area contributed by atoms with Crippen LogP contribution in [0.3, 0.4) is 0 Å². The molecule has 0 fully saturated rings. The van der Waals surface area contributed by atoms with E-state index in [1.807, 2.05) is 12.1 Å². The molecule has 1 aliphatic heterocycles. The second-order valence-corrected chi connectivity index (χ2v) is 9.34. The highest BCUT2D eigenvalue weighted by Crippen LogP contribution is 2.43. The fourth-order valence-electron chi connectivity index (χ4n) is 5.07. The van der Waals surface area contributed by atoms with Crippen molar-refractivity contribution in [3.63, 3.8) is 0 Å². The molecule has 1 aliphatic carbocycles. The van der Waals surface area contributed by atoms with Crippen LogP contribution in [0.1, 0.15) is 58.5 Å². The fourth-order valence-corrected chi connectivity index (χ4v) is 5.07. The van der Waals surface area contributed by atoms with E-state index in [1.54, 1.807) is 30.5 Å². The van der Waals surface area contributed by atoms with Gasteiger partial charge in [0.1, 0.15) is 0 Å². The van der Waals surface area contributed by atoms with E-state index in [0.29, 0.717) is 6.54 Å². The average molecular weight is 458 g/mol. The summed E-state index contributed by atoms with van der Waals surface area (Å²) in [5.41, 5.74) is 4.35. The highest BCUT2D eigenvalue weighted by molar-refractivity contribution is 5.96. The number of esters is 1. The second-order valence-electron chi connectivity index (χ2n) is 9.34. The maximum absolute atomic E-state index is 13.3. The molecule has 7 nitrogen and oxygen atoms in total. The molecule has 1 aromatic heterocycles. The van der Waals surface area contributed by atoms with Crippen molar-refractivity contribution in [3.8, 4) is 5.75 Å². The molecule has 0 radical (unpaired) electrons. The Bertz CT molecular complexity index is 1300. The monoisotopic (exact) mass is 457 g/mol. The number of benzene rings is 2. The SMILES string of the molecule is CC(C)C(=O)Oc1c2n(ncc1=O)[C@@H](C1c3ccccc3CCc3ccccc31)CN(C)C2=O. The molecule has 0 saturated heterocycles. The van der Waals surface area contributed by atoms with Crippen LogP contribution in [0.4, 0.5) is 0 Å². The zero-order valence-electron chi connectivity index (χ0n) is 19.5. The summed E-state index contributed by atoms with van der Waals surface area (Å²) in [6.07, 6.45) is 2.99. The standard InChI is InChI=1S/C27H27N3O4/c1-16(2)27(33)34-25-22(31)14-28-30-21(15-29(3)26(32)24(25)30)23-19-10-6-4-8-17(19)12-13-18-9-5-7-11-20(18)23/h4-11,14,16,21,23H,12-13,15H2,1-3H3/t21-/m1/s1. The van der Waals surface area contributed by atoms with Gasteiger partial charge >= 0.3 is 5.97 Å². The van der Waals surface area contributed by atoms with E-state index in [1.165, 1.54) is 22.3 Å². The number of fused-ring (bicyclic) bond motifs is 3. The third-order valence-electron chi connectivity index (χ3n) is 6.79. The summed E-state index contributed by atoms with van der Waals surface area (Å²) in [4.78, 5) is 39.9. The zero-order valence-corrected chi connectivity index (χ0v) is 19.5. The molecule has 0 bridgehead atoms. The van der Waals surface area contributed by atoms with E-state index < -0.39 is 17.3 Å². The number of carbonyl (C=O) groups excluding carboxylic acids is 2. The van der Waals surface area contributed by atoms with Crippen LogP contribution < -0.4 is 10.2 Å². The lowest BCUT2D eigenvalue weighted by Crippen LogP contribution is -2.46. The minimum atomic E-state index is -0.579. The van der Waals surface area contributed by atoms with Crippen LogP contribution in [0.2, 0.25) is 0 Å². The number of ether oxygens (including phenoxy) is 1. The number of likely N-dealkylation sites (N-methyl/N-ethyl adjacent to an activating group) is 1. The number of aryl methyl sites for hydroxylation is 2. The van der Waals surface area contributed by atoms with Gasteiger partial charge in [-0.25, -0.2) is 0 Å². The molecular weight excluding hydrogens is 430 g/mol. The van der Waals surface area contributed by atoms with E-state index >= 15 is 0 Å². The summed E-state index contributed by atoms with van der Waals surface area (Å²) >= 11 is 0. The number of rotatable bonds is 3. The number of nitrogens with zero attached hydrogens (tertiary/aromatic N) is 3. The number of hydrogen-bond donors (Lipinski definition) is 0. The largest absolute Gasteiger partial charge is 0.420 e. The van der Waals surface area contributed by atoms with E-state index in [-0.39, 0.29) is 29.3 Å². The molecule has 2 aromatic carbocycles. The highest BCUT2D eigenvalue weighted by atomic mass is 16.5. The van der Waals surface area contributed by atoms with Crippen molar-refractivity contribution >= 4 is 11.9 Å². The van der Waals surface area contributed by atoms with Gasteiger partial charge in [0.25, 0.3) is 5.91 Å². The highest BCUT2D eigenvalue weighted by Gasteiger charge is 2.41. The molecule has 0 unspecified atom stereocenters. The Morgan fingerprint density at radius 2 is 1.59 bits per heavy atom. The van der Waals surface area contributed by atoms with E-state index in [0.717, 1.165) is 19.0 Å². The van der Waals surface area contributed by atoms with Gasteiger partial charge in [0.2, 0.25) is 11.2 Å². The Morgan fingerprint density at radius 3 is 2.18 bits per heavy atom. The first-order valence-electron chi connectivity index (χ1n) is 11.6. The van der Waals surface area contributed by atoms with Crippen LogP contribution in [-0.2, 0) is 17.6 Å². The van der Waals surface area contributed by atoms with Crippen molar-refractivity contribution in [2.45, 2.75) is 38.6 Å². The third kappa shape index (κ3) is 3.61. The molecule has 34 heavy (non-hydrogen) atoms. The van der Waals surface area contributed by atoms with Gasteiger partial charge in [-0.1, -0.05) is 62.4 Å². The summed E-state index contributed by atoms with van der Waals surface area (Å²) in [6, 6.07) is 16.5. The Balaban J connectivity index is 1.74. The van der Waals surface area contributed by atoms with Gasteiger partial charge in [-0.2, -0.15) is 5.10 Å². The predicted molar refractivity (Wildman–Crippen MR) is 127 cm³/mol. The Labute approximate surface area is 198 Å². The molecular formula is C27H27N3O4. The lowest BCUT2D eigenvalue weighted by Gasteiger charge is -2.38. The van der Waals surface area contributed by atoms with Crippen molar-refractivity contribution in [1.29, 1.82) is 0 Å². The second kappa shape index (κ2) is 8.56. The number of carbonyl (C=O) groups is 2. The summed E-state index contributed by atoms with van der Waals surface area (Å²) in [5, 5.41) is 4.41. The van der Waals surface area contributed by atoms with Gasteiger partial charge in [0, 0.05) is 19.5 Å². The summed E-state index contributed by atoms with van der Waals surface area (Å²) in [5.74, 6) is -1.73. The van der Waals surface area contributed by atoms with E-state index in [4.69, 9.17) is 4.74 Å². The number of aromatic nitrogens is 2. The smallest absolute Gasteiger partial charge is 0.313 e. The molecule has 0 saturated carbocycles. The maximum atomic E-state index is 13.3. The van der Waals surface area contributed by atoms with Gasteiger partial charge in [0.05, 0.1) is 18.2 Å². The Hall–Kier alpha value is -3.74. The van der Waals surface area contributed by atoms with Crippen molar-refractivity contribution in [3.05, 3.63) is 92.9 Å². The van der Waals surface area contributed by atoms with Crippen LogP contribution >= 0.6 is 0 Å². The van der Waals surface area contributed by atoms with Gasteiger partial charge in [-0.15, -0.1) is 0 Å². The zero-order chi connectivity index (χ0) is 24.0. The minimum Gasteiger partial charge on any atom is -0.420 e. The molecule has 7 heteroatoms. The van der Waals surface area contributed by atoms with Crippen LogP contribution in [0.5, 0.6) is 5.75 Å². The third-order valence-corrected chi connectivity index (χ3v) is 6.79. The van der Waals surface area contributed by atoms with Gasteiger partial charge in [-0.3, -0.25) is 19.1 Å². The van der Waals surface area contributed by atoms with Gasteiger partial charge < -0.3 is 9.64 Å². The average Bonchev–Trinajstić information content (AvgIpc) is 2.99. The van der Waals surface area contributed by atoms with E-state index in [9.17, 15) is 14.4 Å². The van der Waals surface area contributed by atoms with E-state index in [2.05, 4.69) is 41.5 Å². The van der Waals surface area contributed by atoms with Crippen LogP contribution in [0.15, 0.2) is 59.5 Å². The van der Waals surface area contributed by atoms with Crippen molar-refractivity contribution in [2.75, 3.05) is 13.6 Å². The lowest BCUT2D eigenvalue weighted by molar-refractivity contribution is -0.137.